The molecule has 1 aromatic rings. The van der Waals surface area contributed by atoms with Gasteiger partial charge in [-0.05, 0) is 0 Å². The average Bonchev–Trinajstić information content (AvgIpc) is 2.36. The van der Waals surface area contributed by atoms with E-state index >= 15 is 0 Å². The molecule has 0 aliphatic carbocycles. The molecule has 0 saturated heterocycles. The molecule has 0 radical (unpaired) electrons. The third-order valence-corrected chi connectivity index (χ3v) is 2.29. The van der Waals surface area contributed by atoms with Crippen molar-refractivity contribution >= 4 is 17.7 Å². The van der Waals surface area contributed by atoms with Gasteiger partial charge < -0.3 is 5.73 Å². The van der Waals surface area contributed by atoms with Crippen LogP contribution in [0.25, 0.3) is 0 Å². The van der Waals surface area contributed by atoms with Crippen LogP contribution in [0.5, 0.6) is 0 Å². The summed E-state index contributed by atoms with van der Waals surface area (Å²) in [4.78, 5) is 14.4. The predicted octanol–water partition coefficient (Wildman–Crippen LogP) is -0.217. The number of nitrogens with zero attached hydrogens (tertiary/aromatic N) is 3. The fraction of sp³-hybridized carbons (Fsp3) is 0.500. The van der Waals surface area contributed by atoms with Crippen molar-refractivity contribution in [3.05, 3.63) is 6.33 Å². The predicted molar refractivity (Wildman–Crippen MR) is 45.5 cm³/mol. The van der Waals surface area contributed by atoms with Crippen LogP contribution >= 0.6 is 11.8 Å². The van der Waals surface area contributed by atoms with Crippen molar-refractivity contribution in [2.45, 2.75) is 11.6 Å². The Morgan fingerprint density at radius 2 is 2.58 bits per heavy atom. The zero-order valence-electron chi connectivity index (χ0n) is 6.73. The van der Waals surface area contributed by atoms with E-state index in [2.05, 4.69) is 10.1 Å². The van der Waals surface area contributed by atoms with Crippen LogP contribution in [-0.4, -0.2) is 26.4 Å². The van der Waals surface area contributed by atoms with Gasteiger partial charge in [0.25, 0.3) is 0 Å². The minimum absolute atomic E-state index is 0.287. The summed E-state index contributed by atoms with van der Waals surface area (Å²) in [7, 11) is 1.81. The van der Waals surface area contributed by atoms with E-state index in [1.54, 1.807) is 11.7 Å². The molecular formula is C6H10N4OS. The van der Waals surface area contributed by atoms with E-state index in [9.17, 15) is 4.79 Å². The summed E-state index contributed by atoms with van der Waals surface area (Å²) in [5.74, 6) is 0.367. The number of primary amides is 1. The SMILES string of the molecule is Cn1ncnc1SCCC(N)=O. The Morgan fingerprint density at radius 1 is 1.83 bits per heavy atom. The van der Waals surface area contributed by atoms with Gasteiger partial charge >= 0.3 is 0 Å². The molecule has 0 unspecified atom stereocenters. The lowest BCUT2D eigenvalue weighted by Crippen LogP contribution is -2.11. The minimum atomic E-state index is -0.287. The zero-order valence-corrected chi connectivity index (χ0v) is 7.54. The van der Waals surface area contributed by atoms with Gasteiger partial charge in [-0.1, -0.05) is 11.8 Å². The van der Waals surface area contributed by atoms with Crippen LogP contribution in [0.4, 0.5) is 0 Å². The first kappa shape index (κ1) is 9.05. The molecular weight excluding hydrogens is 176 g/mol. The van der Waals surface area contributed by atoms with Gasteiger partial charge in [-0.2, -0.15) is 5.10 Å². The maximum atomic E-state index is 10.4. The van der Waals surface area contributed by atoms with Gasteiger partial charge in [0.05, 0.1) is 0 Å². The maximum absolute atomic E-state index is 10.4. The molecule has 1 heterocycles. The maximum Gasteiger partial charge on any atom is 0.218 e. The third-order valence-electron chi connectivity index (χ3n) is 1.25. The third kappa shape index (κ3) is 2.54. The Hall–Kier alpha value is -1.04. The van der Waals surface area contributed by atoms with Crippen LogP contribution in [-0.2, 0) is 11.8 Å². The first-order chi connectivity index (χ1) is 5.70. The number of amides is 1. The van der Waals surface area contributed by atoms with E-state index in [0.717, 1.165) is 5.16 Å². The van der Waals surface area contributed by atoms with Crippen molar-refractivity contribution in [2.75, 3.05) is 5.75 Å². The minimum Gasteiger partial charge on any atom is -0.370 e. The first-order valence-electron chi connectivity index (χ1n) is 3.45. The Bertz CT molecular complexity index is 272. The van der Waals surface area contributed by atoms with Crippen LogP contribution < -0.4 is 5.73 Å². The Kier molecular flexibility index (Phi) is 3.09. The molecule has 0 aliphatic heterocycles. The first-order valence-corrected chi connectivity index (χ1v) is 4.44. The number of nitrogens with two attached hydrogens (primary N) is 1. The molecule has 5 nitrogen and oxygen atoms in total. The van der Waals surface area contributed by atoms with E-state index in [-0.39, 0.29) is 5.91 Å². The summed E-state index contributed by atoms with van der Waals surface area (Å²) in [6, 6.07) is 0. The highest BCUT2D eigenvalue weighted by Crippen LogP contribution is 2.13. The van der Waals surface area contributed by atoms with Gasteiger partial charge in [-0.15, -0.1) is 0 Å². The molecule has 2 N–H and O–H groups in total. The van der Waals surface area contributed by atoms with Gasteiger partial charge in [0.1, 0.15) is 6.33 Å². The molecule has 6 heteroatoms. The second-order valence-electron chi connectivity index (χ2n) is 2.23. The molecule has 1 rings (SSSR count). The number of aromatic nitrogens is 3. The number of hydrogen-bond acceptors (Lipinski definition) is 4. The molecule has 0 saturated carbocycles. The van der Waals surface area contributed by atoms with E-state index in [4.69, 9.17) is 5.73 Å². The van der Waals surface area contributed by atoms with Crippen molar-refractivity contribution in [1.82, 2.24) is 14.8 Å². The molecule has 66 valence electrons. The fourth-order valence-corrected chi connectivity index (χ4v) is 1.50. The highest BCUT2D eigenvalue weighted by molar-refractivity contribution is 7.99. The number of aryl methyl sites for hydroxylation is 1. The zero-order chi connectivity index (χ0) is 8.97. The highest BCUT2D eigenvalue weighted by atomic mass is 32.2. The summed E-state index contributed by atoms with van der Waals surface area (Å²) < 4.78 is 1.66. The number of carbonyl (C=O) groups is 1. The number of hydrogen-bond donors (Lipinski definition) is 1. The molecule has 0 bridgehead atoms. The largest absolute Gasteiger partial charge is 0.370 e. The average molecular weight is 186 g/mol. The fourth-order valence-electron chi connectivity index (χ4n) is 0.659. The lowest BCUT2D eigenvalue weighted by atomic mass is 10.5. The topological polar surface area (TPSA) is 73.8 Å². The second-order valence-corrected chi connectivity index (χ2v) is 3.29. The summed E-state index contributed by atoms with van der Waals surface area (Å²) in [5, 5.41) is 4.69. The molecule has 0 aliphatic rings. The number of rotatable bonds is 4. The summed E-state index contributed by atoms with van der Waals surface area (Å²) >= 11 is 1.47. The molecule has 12 heavy (non-hydrogen) atoms. The van der Waals surface area contributed by atoms with Gasteiger partial charge in [-0.3, -0.25) is 4.79 Å². The smallest absolute Gasteiger partial charge is 0.218 e. The summed E-state index contributed by atoms with van der Waals surface area (Å²) in [5.41, 5.74) is 4.97. The van der Waals surface area contributed by atoms with E-state index in [0.29, 0.717) is 12.2 Å². The van der Waals surface area contributed by atoms with Gasteiger partial charge in [-0.25, -0.2) is 9.67 Å². The Labute approximate surface area is 74.3 Å². The molecule has 1 amide bonds. The van der Waals surface area contributed by atoms with Crippen LogP contribution in [0.1, 0.15) is 6.42 Å². The standard InChI is InChI=1S/C6H10N4OS/c1-10-6(8-4-9-10)12-3-2-5(7)11/h4H,2-3H2,1H3,(H2,7,11). The van der Waals surface area contributed by atoms with Crippen molar-refractivity contribution < 1.29 is 4.79 Å². The Morgan fingerprint density at radius 3 is 3.08 bits per heavy atom. The van der Waals surface area contributed by atoms with E-state index in [1.807, 2.05) is 0 Å². The van der Waals surface area contributed by atoms with Crippen molar-refractivity contribution in [2.24, 2.45) is 12.8 Å². The molecule has 0 atom stereocenters. The van der Waals surface area contributed by atoms with Crippen molar-refractivity contribution in [1.29, 1.82) is 0 Å². The molecule has 0 fully saturated rings. The quantitative estimate of drug-likeness (QED) is 0.660. The monoisotopic (exact) mass is 186 g/mol. The van der Waals surface area contributed by atoms with E-state index in [1.165, 1.54) is 18.1 Å². The lowest BCUT2D eigenvalue weighted by Gasteiger charge is -1.97. The number of thioether (sulfide) groups is 1. The Balaban J connectivity index is 2.33. The van der Waals surface area contributed by atoms with Crippen LogP contribution in [0.15, 0.2) is 11.5 Å². The lowest BCUT2D eigenvalue weighted by molar-refractivity contribution is -0.117. The van der Waals surface area contributed by atoms with Crippen LogP contribution in [0, 0.1) is 0 Å². The molecule has 0 spiro atoms. The normalized spacial score (nSPS) is 10.1. The van der Waals surface area contributed by atoms with Crippen LogP contribution in [0.2, 0.25) is 0 Å². The van der Waals surface area contributed by atoms with Crippen molar-refractivity contribution in [3.63, 3.8) is 0 Å². The van der Waals surface area contributed by atoms with Gasteiger partial charge in [0.15, 0.2) is 5.16 Å². The van der Waals surface area contributed by atoms with Crippen molar-refractivity contribution in [3.8, 4) is 0 Å². The summed E-state index contributed by atoms with van der Waals surface area (Å²) in [6.07, 6.45) is 1.85. The van der Waals surface area contributed by atoms with Gasteiger partial charge in [0.2, 0.25) is 5.91 Å². The second kappa shape index (κ2) is 4.10. The summed E-state index contributed by atoms with van der Waals surface area (Å²) in [6.45, 7) is 0. The number of carbonyl (C=O) groups excluding carboxylic acids is 1. The van der Waals surface area contributed by atoms with Gasteiger partial charge in [0, 0.05) is 19.2 Å². The highest BCUT2D eigenvalue weighted by Gasteiger charge is 2.01. The van der Waals surface area contributed by atoms with E-state index < -0.39 is 0 Å². The molecule has 0 aromatic carbocycles. The van der Waals surface area contributed by atoms with Crippen LogP contribution in [0.3, 0.4) is 0 Å². The molecule has 1 aromatic heterocycles.